The summed E-state index contributed by atoms with van der Waals surface area (Å²) in [5.41, 5.74) is -1.92. The molecule has 8 nitrogen and oxygen atoms in total. The first-order valence-corrected chi connectivity index (χ1v) is 13.5. The molecule has 0 radical (unpaired) electrons. The molecule has 3 amide bonds. The van der Waals surface area contributed by atoms with Crippen LogP contribution in [0.3, 0.4) is 0 Å². The van der Waals surface area contributed by atoms with Crippen LogP contribution in [0.4, 0.5) is 0 Å². The molecule has 8 heteroatoms. The number of aliphatic hydroxyl groups is 1. The van der Waals surface area contributed by atoms with Gasteiger partial charge in [-0.2, -0.15) is 0 Å². The Morgan fingerprint density at radius 2 is 1.83 bits per heavy atom. The highest BCUT2D eigenvalue weighted by molar-refractivity contribution is 5.99. The van der Waals surface area contributed by atoms with Gasteiger partial charge in [-0.05, 0) is 46.5 Å². The van der Waals surface area contributed by atoms with E-state index in [0.717, 1.165) is 19.3 Å². The van der Waals surface area contributed by atoms with Crippen molar-refractivity contribution in [2.24, 2.45) is 11.8 Å². The van der Waals surface area contributed by atoms with E-state index in [1.54, 1.807) is 28.9 Å². The summed E-state index contributed by atoms with van der Waals surface area (Å²) in [6, 6.07) is -1.52. The van der Waals surface area contributed by atoms with E-state index in [1.807, 2.05) is 20.8 Å². The largest absolute Gasteiger partial charge is 0.394 e. The van der Waals surface area contributed by atoms with Crippen molar-refractivity contribution in [3.05, 3.63) is 25.3 Å². The van der Waals surface area contributed by atoms with Crippen LogP contribution in [0.1, 0.15) is 66.7 Å². The zero-order chi connectivity index (χ0) is 26.8. The van der Waals surface area contributed by atoms with Crippen molar-refractivity contribution in [2.45, 2.75) is 96.1 Å². The second kappa shape index (κ2) is 11.1. The summed E-state index contributed by atoms with van der Waals surface area (Å²) in [7, 11) is 0. The van der Waals surface area contributed by atoms with Gasteiger partial charge in [0.15, 0.2) is 0 Å². The van der Waals surface area contributed by atoms with Crippen LogP contribution in [0.15, 0.2) is 25.3 Å². The van der Waals surface area contributed by atoms with Crippen molar-refractivity contribution in [3.8, 4) is 0 Å². The van der Waals surface area contributed by atoms with E-state index in [1.165, 1.54) is 4.90 Å². The fourth-order valence-electron chi connectivity index (χ4n) is 6.85. The standard InChI is InChI=1S/C28H45N3O5/c1-8-12-19(5)30(17-11-4)26(35)23-28-14-13-27(7,36-28)21(24(33)29(15-9-2)16-10-3)22(28)25(34)31(23)20(6)18-32/h9,11,19-23,32H,2,4,8,10,12-18H2,1,3,5-7H3/t19?,20-,21+,22+,23?,27-,28?/m1/s1. The van der Waals surface area contributed by atoms with Crippen molar-refractivity contribution in [1.29, 1.82) is 0 Å². The van der Waals surface area contributed by atoms with Crippen LogP contribution in [0.25, 0.3) is 0 Å². The van der Waals surface area contributed by atoms with E-state index in [9.17, 15) is 19.5 Å². The molecule has 3 saturated heterocycles. The van der Waals surface area contributed by atoms with Crippen LogP contribution >= 0.6 is 0 Å². The van der Waals surface area contributed by atoms with Gasteiger partial charge < -0.3 is 24.5 Å². The van der Waals surface area contributed by atoms with E-state index in [2.05, 4.69) is 20.1 Å². The Kier molecular flexibility index (Phi) is 8.71. The highest BCUT2D eigenvalue weighted by atomic mass is 16.5. The van der Waals surface area contributed by atoms with Crippen molar-refractivity contribution in [3.63, 3.8) is 0 Å². The molecule has 3 heterocycles. The third-order valence-corrected chi connectivity index (χ3v) is 8.46. The minimum Gasteiger partial charge on any atom is -0.394 e. The summed E-state index contributed by atoms with van der Waals surface area (Å²) in [6.07, 6.45) is 7.04. The lowest BCUT2D eigenvalue weighted by molar-refractivity contribution is -0.157. The molecule has 7 atom stereocenters. The summed E-state index contributed by atoms with van der Waals surface area (Å²) in [5.74, 6) is -2.03. The number of hydrogen-bond donors (Lipinski definition) is 1. The second-order valence-corrected chi connectivity index (χ2v) is 11.0. The molecule has 3 aliphatic heterocycles. The van der Waals surface area contributed by atoms with Crippen LogP contribution in [0, 0.1) is 11.8 Å². The highest BCUT2D eigenvalue weighted by Gasteiger charge is 2.78. The Hall–Kier alpha value is -2.19. The summed E-state index contributed by atoms with van der Waals surface area (Å²) >= 11 is 0. The molecule has 202 valence electrons. The molecular weight excluding hydrogens is 458 g/mol. The summed E-state index contributed by atoms with van der Waals surface area (Å²) < 4.78 is 6.72. The minimum absolute atomic E-state index is 0.0448. The highest BCUT2D eigenvalue weighted by Crippen LogP contribution is 2.63. The number of nitrogens with zero attached hydrogens (tertiary/aromatic N) is 3. The number of carbonyl (C=O) groups is 3. The molecule has 3 aliphatic rings. The Morgan fingerprint density at radius 1 is 1.17 bits per heavy atom. The molecule has 2 bridgehead atoms. The average molecular weight is 504 g/mol. The topological polar surface area (TPSA) is 90.4 Å². The van der Waals surface area contributed by atoms with Crippen molar-refractivity contribution in [1.82, 2.24) is 14.7 Å². The molecule has 0 aromatic heterocycles. The Balaban J connectivity index is 2.11. The number of fused-ring (bicyclic) bond motifs is 1. The smallest absolute Gasteiger partial charge is 0.248 e. The van der Waals surface area contributed by atoms with Gasteiger partial charge in [-0.15, -0.1) is 13.2 Å². The van der Waals surface area contributed by atoms with Gasteiger partial charge in [0.25, 0.3) is 0 Å². The third-order valence-electron chi connectivity index (χ3n) is 8.46. The van der Waals surface area contributed by atoms with Gasteiger partial charge in [-0.25, -0.2) is 0 Å². The number of carbonyl (C=O) groups excluding carboxylic acids is 3. The van der Waals surface area contributed by atoms with Gasteiger partial charge in [0.1, 0.15) is 11.6 Å². The predicted octanol–water partition coefficient (Wildman–Crippen LogP) is 2.76. The van der Waals surface area contributed by atoms with Crippen LogP contribution in [-0.4, -0.2) is 93.1 Å². The number of amides is 3. The lowest BCUT2D eigenvalue weighted by Gasteiger charge is -2.40. The van der Waals surface area contributed by atoms with E-state index in [4.69, 9.17) is 4.74 Å². The summed E-state index contributed by atoms with van der Waals surface area (Å²) in [6.45, 7) is 18.4. The van der Waals surface area contributed by atoms with Gasteiger partial charge in [0.2, 0.25) is 17.7 Å². The van der Waals surface area contributed by atoms with E-state index < -0.39 is 35.1 Å². The molecule has 1 N–H and O–H groups in total. The van der Waals surface area contributed by atoms with Crippen LogP contribution in [0.2, 0.25) is 0 Å². The zero-order valence-corrected chi connectivity index (χ0v) is 22.7. The number of ether oxygens (including phenoxy) is 1. The first kappa shape index (κ1) is 28.4. The van der Waals surface area contributed by atoms with E-state index >= 15 is 0 Å². The number of likely N-dealkylation sites (tertiary alicyclic amines) is 1. The SMILES string of the molecule is C=CCN(CCC)C(=O)[C@@H]1[C@H]2C(=O)N([C@H](C)CO)C(C(=O)N(CC=C)C(C)CCC)C23CC[C@@]1(C)O3. The Labute approximate surface area is 216 Å². The lowest BCUT2D eigenvalue weighted by atomic mass is 9.66. The molecular formula is C28H45N3O5. The third kappa shape index (κ3) is 4.40. The molecule has 36 heavy (non-hydrogen) atoms. The Bertz CT molecular complexity index is 877. The molecule has 3 rings (SSSR count). The molecule has 1 spiro atoms. The van der Waals surface area contributed by atoms with Gasteiger partial charge in [-0.3, -0.25) is 14.4 Å². The fourth-order valence-corrected chi connectivity index (χ4v) is 6.85. The van der Waals surface area contributed by atoms with Gasteiger partial charge in [0, 0.05) is 25.7 Å². The second-order valence-electron chi connectivity index (χ2n) is 11.0. The normalized spacial score (nSPS) is 32.2. The van der Waals surface area contributed by atoms with E-state index in [-0.39, 0.29) is 30.4 Å². The van der Waals surface area contributed by atoms with Gasteiger partial charge in [-0.1, -0.05) is 32.4 Å². The number of hydrogen-bond acceptors (Lipinski definition) is 5. The molecule has 0 aliphatic carbocycles. The van der Waals surface area contributed by atoms with Gasteiger partial charge >= 0.3 is 0 Å². The van der Waals surface area contributed by atoms with Crippen molar-refractivity contribution >= 4 is 17.7 Å². The van der Waals surface area contributed by atoms with Crippen molar-refractivity contribution in [2.75, 3.05) is 26.2 Å². The molecule has 0 aromatic rings. The van der Waals surface area contributed by atoms with Gasteiger partial charge in [0.05, 0.1) is 30.1 Å². The van der Waals surface area contributed by atoms with E-state index in [0.29, 0.717) is 32.5 Å². The predicted molar refractivity (Wildman–Crippen MR) is 139 cm³/mol. The maximum Gasteiger partial charge on any atom is 0.248 e. The lowest BCUT2D eigenvalue weighted by Crippen LogP contribution is -2.59. The monoisotopic (exact) mass is 503 g/mol. The van der Waals surface area contributed by atoms with Crippen LogP contribution in [0.5, 0.6) is 0 Å². The molecule has 3 fully saturated rings. The molecule has 0 saturated carbocycles. The summed E-state index contributed by atoms with van der Waals surface area (Å²) in [5, 5.41) is 10.1. The first-order chi connectivity index (χ1) is 17.1. The van der Waals surface area contributed by atoms with Crippen LogP contribution < -0.4 is 0 Å². The number of rotatable bonds is 13. The minimum atomic E-state index is -1.09. The van der Waals surface area contributed by atoms with Crippen LogP contribution in [-0.2, 0) is 19.1 Å². The summed E-state index contributed by atoms with van der Waals surface area (Å²) in [4.78, 5) is 47.4. The quantitative estimate of drug-likeness (QED) is 0.391. The first-order valence-electron chi connectivity index (χ1n) is 13.5. The maximum atomic E-state index is 14.3. The molecule has 3 unspecified atom stereocenters. The molecule has 0 aromatic carbocycles. The zero-order valence-electron chi connectivity index (χ0n) is 22.7. The van der Waals surface area contributed by atoms with Crippen molar-refractivity contribution < 1.29 is 24.2 Å². The Morgan fingerprint density at radius 3 is 2.39 bits per heavy atom. The number of aliphatic hydroxyl groups excluding tert-OH is 1. The average Bonchev–Trinajstić information content (AvgIpc) is 3.42. The maximum absolute atomic E-state index is 14.3. The fraction of sp³-hybridized carbons (Fsp3) is 0.750.